The van der Waals surface area contributed by atoms with Gasteiger partial charge in [0.15, 0.2) is 0 Å². The zero-order valence-corrected chi connectivity index (χ0v) is 29.6. The normalized spacial score (nSPS) is 12.3. The molecule has 2 nitrogen and oxygen atoms in total. The second kappa shape index (κ2) is 15.5. The Morgan fingerprint density at radius 1 is 0.902 bits per heavy atom. The lowest BCUT2D eigenvalue weighted by molar-refractivity contribution is 0.593. The summed E-state index contributed by atoms with van der Waals surface area (Å²) in [7, 11) is 0. The number of nitrogens with zero attached hydrogens (tertiary/aromatic N) is 2. The summed E-state index contributed by atoms with van der Waals surface area (Å²) in [6.45, 7) is 18.6. The van der Waals surface area contributed by atoms with E-state index in [0.717, 1.165) is 6.32 Å². The topological polar surface area (TPSA) is 17.8 Å². The van der Waals surface area contributed by atoms with Gasteiger partial charge in [-0.2, -0.15) is 22.7 Å². The first-order valence-electron chi connectivity index (χ1n) is 15.0. The third kappa shape index (κ3) is 10.7. The minimum atomic E-state index is 0.215. The van der Waals surface area contributed by atoms with Gasteiger partial charge in [0.2, 0.25) is 6.71 Å². The van der Waals surface area contributed by atoms with Gasteiger partial charge in [-0.25, -0.2) is 4.98 Å². The summed E-state index contributed by atoms with van der Waals surface area (Å²) >= 11 is 7.41. The first-order valence-corrected chi connectivity index (χ1v) is 17.5. The van der Waals surface area contributed by atoms with Gasteiger partial charge in [-0.3, -0.25) is 0 Å². The van der Waals surface area contributed by atoms with E-state index in [1.807, 2.05) is 39.8 Å². The van der Waals surface area contributed by atoms with Crippen LogP contribution in [0.3, 0.4) is 0 Å². The SMILES string of the molecule is CC(Br)=CCB(c1cc(C(C)(C)C)cs1)c1cc(C(C)(C)C)cs1.CCCCCCc1ccc(-n2ccnc2)cc1. The molecule has 0 atom stereocenters. The van der Waals surface area contributed by atoms with E-state index in [1.165, 1.54) is 68.5 Å². The number of aromatic nitrogens is 2. The molecule has 3 heterocycles. The van der Waals surface area contributed by atoms with Crippen molar-refractivity contribution in [1.82, 2.24) is 9.55 Å². The van der Waals surface area contributed by atoms with Gasteiger partial charge >= 0.3 is 0 Å². The second-order valence-electron chi connectivity index (χ2n) is 13.0. The molecule has 0 saturated heterocycles. The first kappa shape index (κ1) is 33.6. The highest BCUT2D eigenvalue weighted by Crippen LogP contribution is 2.26. The molecule has 0 aliphatic carbocycles. The number of aryl methyl sites for hydroxylation is 1. The Kier molecular flexibility index (Phi) is 12.7. The Labute approximate surface area is 266 Å². The summed E-state index contributed by atoms with van der Waals surface area (Å²) in [6, 6.07) is 13.6. The van der Waals surface area contributed by atoms with Crippen molar-refractivity contribution in [3.05, 3.63) is 93.1 Å². The molecular formula is C35H48BBrN2S2. The summed E-state index contributed by atoms with van der Waals surface area (Å²) in [6.07, 6.45) is 15.5. The number of allylic oxidation sites excluding steroid dienone is 2. The number of hydrogen-bond donors (Lipinski definition) is 0. The van der Waals surface area contributed by atoms with Crippen LogP contribution in [0.5, 0.6) is 0 Å². The number of halogens is 1. The fourth-order valence-electron chi connectivity index (χ4n) is 4.51. The predicted molar refractivity (Wildman–Crippen MR) is 190 cm³/mol. The molecule has 0 amide bonds. The molecule has 0 fully saturated rings. The molecule has 0 unspecified atom stereocenters. The standard InChI is InChI=1S/C20H28BBrS2.C15H20N2/c1-14(22)8-9-21(17-10-15(12-23-17)19(2,3)4)18-11-16(13-24-18)20(5,6)7;1-2-3-4-5-6-14-7-9-15(10-8-14)17-12-11-16-13-17/h8,10-13H,9H2,1-7H3;7-13H,2-6H2,1H3. The Morgan fingerprint density at radius 2 is 1.49 bits per heavy atom. The molecule has 3 aromatic heterocycles. The zero-order chi connectivity index (χ0) is 30.0. The van der Waals surface area contributed by atoms with Crippen molar-refractivity contribution >= 4 is 54.9 Å². The monoisotopic (exact) mass is 650 g/mol. The highest BCUT2D eigenvalue weighted by molar-refractivity contribution is 9.11. The fourth-order valence-corrected chi connectivity index (χ4v) is 7.31. The molecule has 6 heteroatoms. The number of rotatable bonds is 10. The second-order valence-corrected chi connectivity index (χ2v) is 16.1. The van der Waals surface area contributed by atoms with E-state index in [0.29, 0.717) is 6.71 Å². The molecule has 4 rings (SSSR count). The zero-order valence-electron chi connectivity index (χ0n) is 26.3. The summed E-state index contributed by atoms with van der Waals surface area (Å²) in [5.41, 5.74) is 5.93. The highest BCUT2D eigenvalue weighted by atomic mass is 79.9. The Hall–Kier alpha value is -1.89. The largest absolute Gasteiger partial charge is 0.306 e. The van der Waals surface area contributed by atoms with Crippen LogP contribution in [0, 0.1) is 0 Å². The first-order chi connectivity index (χ1) is 19.4. The van der Waals surface area contributed by atoms with Gasteiger partial charge in [-0.15, -0.1) is 0 Å². The van der Waals surface area contributed by atoms with Crippen LogP contribution in [0.2, 0.25) is 6.32 Å². The van der Waals surface area contributed by atoms with Crippen LogP contribution < -0.4 is 9.55 Å². The molecule has 0 saturated carbocycles. The van der Waals surface area contributed by atoms with Crippen molar-refractivity contribution in [2.24, 2.45) is 0 Å². The third-order valence-electron chi connectivity index (χ3n) is 7.35. The van der Waals surface area contributed by atoms with Crippen LogP contribution in [0.15, 0.2) is 76.4 Å². The smallest absolute Gasteiger partial charge is 0.239 e. The third-order valence-corrected chi connectivity index (χ3v) is 9.77. The summed E-state index contributed by atoms with van der Waals surface area (Å²) in [5, 5.41) is 4.68. The molecule has 0 radical (unpaired) electrons. The number of imidazole rings is 1. The van der Waals surface area contributed by atoms with Gasteiger partial charge in [-0.1, -0.05) is 114 Å². The fraction of sp³-hybridized carbons (Fsp3) is 0.457. The molecule has 1 aromatic carbocycles. The Morgan fingerprint density at radius 3 is 1.93 bits per heavy atom. The molecule has 0 N–H and O–H groups in total. The van der Waals surface area contributed by atoms with Gasteiger partial charge in [-0.05, 0) is 90.5 Å². The lowest BCUT2D eigenvalue weighted by Gasteiger charge is -2.17. The van der Waals surface area contributed by atoms with Crippen LogP contribution in [-0.4, -0.2) is 16.3 Å². The van der Waals surface area contributed by atoms with Crippen LogP contribution in [-0.2, 0) is 17.3 Å². The molecule has 0 aliphatic heterocycles. The van der Waals surface area contributed by atoms with Crippen molar-refractivity contribution in [3.63, 3.8) is 0 Å². The molecule has 4 aromatic rings. The summed E-state index contributed by atoms with van der Waals surface area (Å²) in [5.74, 6) is 0. The number of thiophene rings is 2. The Balaban J connectivity index is 0.000000239. The Bertz CT molecular complexity index is 1280. The average Bonchev–Trinajstić information content (AvgIpc) is 3.69. The van der Waals surface area contributed by atoms with Gasteiger partial charge in [0, 0.05) is 18.1 Å². The number of benzene rings is 1. The van der Waals surface area contributed by atoms with E-state index in [2.05, 4.69) is 130 Å². The van der Waals surface area contributed by atoms with Crippen LogP contribution in [0.25, 0.3) is 5.69 Å². The average molecular weight is 652 g/mol. The van der Waals surface area contributed by atoms with Crippen molar-refractivity contribution in [2.45, 2.75) is 105 Å². The molecule has 220 valence electrons. The maximum Gasteiger partial charge on any atom is 0.239 e. The molecule has 41 heavy (non-hydrogen) atoms. The van der Waals surface area contributed by atoms with Gasteiger partial charge in [0.1, 0.15) is 0 Å². The van der Waals surface area contributed by atoms with E-state index in [1.54, 1.807) is 6.20 Å². The minimum Gasteiger partial charge on any atom is -0.306 e. The van der Waals surface area contributed by atoms with Gasteiger partial charge in [0.25, 0.3) is 0 Å². The van der Waals surface area contributed by atoms with E-state index >= 15 is 0 Å². The highest BCUT2D eigenvalue weighted by Gasteiger charge is 2.26. The van der Waals surface area contributed by atoms with E-state index in [-0.39, 0.29) is 10.8 Å². The van der Waals surface area contributed by atoms with Crippen molar-refractivity contribution in [3.8, 4) is 5.69 Å². The van der Waals surface area contributed by atoms with E-state index in [9.17, 15) is 0 Å². The van der Waals surface area contributed by atoms with Gasteiger partial charge in [0.05, 0.1) is 6.33 Å². The quantitative estimate of drug-likeness (QED) is 0.123. The van der Waals surface area contributed by atoms with Gasteiger partial charge < -0.3 is 4.57 Å². The maximum absolute atomic E-state index is 4.05. The molecule has 0 spiro atoms. The van der Waals surface area contributed by atoms with Crippen molar-refractivity contribution < 1.29 is 0 Å². The van der Waals surface area contributed by atoms with E-state index in [4.69, 9.17) is 0 Å². The molecular weight excluding hydrogens is 603 g/mol. The predicted octanol–water partition coefficient (Wildman–Crippen LogP) is 10.3. The van der Waals surface area contributed by atoms with Crippen LogP contribution >= 0.6 is 38.6 Å². The summed E-state index contributed by atoms with van der Waals surface area (Å²) < 4.78 is 6.20. The van der Waals surface area contributed by atoms with Crippen LogP contribution in [0.1, 0.15) is 97.8 Å². The van der Waals surface area contributed by atoms with E-state index < -0.39 is 0 Å². The lowest BCUT2D eigenvalue weighted by atomic mass is 9.45. The summed E-state index contributed by atoms with van der Waals surface area (Å²) in [4.78, 5) is 4.05. The van der Waals surface area contributed by atoms with Crippen molar-refractivity contribution in [1.29, 1.82) is 0 Å². The maximum atomic E-state index is 4.05. The molecule has 0 aliphatic rings. The molecule has 0 bridgehead atoms. The minimum absolute atomic E-state index is 0.215. The van der Waals surface area contributed by atoms with Crippen LogP contribution in [0.4, 0.5) is 0 Å². The number of hydrogen-bond acceptors (Lipinski definition) is 3. The lowest BCUT2D eigenvalue weighted by Crippen LogP contribution is -2.38. The number of unbranched alkanes of at least 4 members (excludes halogenated alkanes) is 3. The van der Waals surface area contributed by atoms with Crippen molar-refractivity contribution in [2.75, 3.05) is 0 Å².